The van der Waals surface area contributed by atoms with Gasteiger partial charge >= 0.3 is 0 Å². The van der Waals surface area contributed by atoms with Gasteiger partial charge in [0.15, 0.2) is 11.0 Å². The van der Waals surface area contributed by atoms with Crippen LogP contribution in [0.3, 0.4) is 0 Å². The summed E-state index contributed by atoms with van der Waals surface area (Å²) in [5.74, 6) is 0.407. The van der Waals surface area contributed by atoms with Crippen LogP contribution in [0.15, 0.2) is 10.9 Å². The molecule has 0 spiro atoms. The second-order valence-corrected chi connectivity index (χ2v) is 3.97. The summed E-state index contributed by atoms with van der Waals surface area (Å²) in [7, 11) is 0. The van der Waals surface area contributed by atoms with Gasteiger partial charge in [0.1, 0.15) is 0 Å². The number of hydrogen-bond acceptors (Lipinski definition) is 6. The van der Waals surface area contributed by atoms with Crippen molar-refractivity contribution in [2.24, 2.45) is 0 Å². The molecule has 0 amide bonds. The topological polar surface area (TPSA) is 63.6 Å². The van der Waals surface area contributed by atoms with Gasteiger partial charge in [-0.3, -0.25) is 0 Å². The van der Waals surface area contributed by atoms with Gasteiger partial charge in [-0.25, -0.2) is 4.98 Å². The van der Waals surface area contributed by atoms with Crippen LogP contribution in [0.2, 0.25) is 10.4 Å². The molecule has 2 rings (SSSR count). The van der Waals surface area contributed by atoms with Crippen LogP contribution >= 0.6 is 34.5 Å². The van der Waals surface area contributed by atoms with Crippen molar-refractivity contribution in [1.29, 1.82) is 0 Å². The second kappa shape index (κ2) is 4.69. The maximum Gasteiger partial charge on any atom is 0.245 e. The Bertz CT molecular complexity index is 447. The molecule has 0 atom stereocenters. The molecule has 5 nitrogen and oxygen atoms in total. The van der Waals surface area contributed by atoms with Gasteiger partial charge in [-0.1, -0.05) is 11.6 Å². The van der Waals surface area contributed by atoms with Crippen LogP contribution in [-0.4, -0.2) is 20.2 Å². The molecule has 0 unspecified atom stereocenters. The molecule has 0 radical (unpaired) electrons. The van der Waals surface area contributed by atoms with Crippen LogP contribution < -0.4 is 5.32 Å². The Morgan fingerprint density at radius 3 is 2.93 bits per heavy atom. The van der Waals surface area contributed by atoms with Crippen molar-refractivity contribution in [1.82, 2.24) is 20.2 Å². The van der Waals surface area contributed by atoms with Gasteiger partial charge in [0.05, 0.1) is 17.7 Å². The zero-order valence-electron chi connectivity index (χ0n) is 7.31. The summed E-state index contributed by atoms with van der Waals surface area (Å²) < 4.78 is 0. The molecule has 0 saturated carbocycles. The van der Waals surface area contributed by atoms with E-state index in [1.165, 1.54) is 11.3 Å². The van der Waals surface area contributed by atoms with E-state index in [4.69, 9.17) is 23.2 Å². The van der Waals surface area contributed by atoms with Crippen molar-refractivity contribution in [3.05, 3.63) is 27.0 Å². The van der Waals surface area contributed by atoms with Crippen LogP contribution in [0.25, 0.3) is 0 Å². The maximum atomic E-state index is 5.76. The smallest absolute Gasteiger partial charge is 0.245 e. The third-order valence-corrected chi connectivity index (χ3v) is 2.59. The molecule has 78 valence electrons. The van der Waals surface area contributed by atoms with E-state index in [9.17, 15) is 0 Å². The average molecular weight is 262 g/mol. The van der Waals surface area contributed by atoms with Crippen LogP contribution in [0.4, 0.5) is 5.82 Å². The SMILES string of the molecule is Clc1nnc(Cl)c(NCc2cscn2)n1. The summed E-state index contributed by atoms with van der Waals surface area (Å²) >= 11 is 12.9. The highest BCUT2D eigenvalue weighted by Gasteiger charge is 2.05. The fraction of sp³-hybridized carbons (Fsp3) is 0.143. The zero-order valence-corrected chi connectivity index (χ0v) is 9.64. The molecule has 2 heterocycles. The predicted molar refractivity (Wildman–Crippen MR) is 59.3 cm³/mol. The van der Waals surface area contributed by atoms with Crippen LogP contribution in [-0.2, 0) is 6.54 Å². The Morgan fingerprint density at radius 2 is 2.20 bits per heavy atom. The summed E-state index contributed by atoms with van der Waals surface area (Å²) in [4.78, 5) is 8.00. The number of aromatic nitrogens is 4. The van der Waals surface area contributed by atoms with E-state index in [2.05, 4.69) is 25.5 Å². The monoisotopic (exact) mass is 261 g/mol. The summed E-state index contributed by atoms with van der Waals surface area (Å²) in [6.07, 6.45) is 0. The molecule has 0 aromatic carbocycles. The lowest BCUT2D eigenvalue weighted by Crippen LogP contribution is -2.04. The number of halogens is 2. The first-order valence-corrected chi connectivity index (χ1v) is 5.62. The summed E-state index contributed by atoms with van der Waals surface area (Å²) in [5.41, 5.74) is 2.66. The molecule has 0 aliphatic heterocycles. The Hall–Kier alpha value is -0.980. The number of rotatable bonds is 3. The largest absolute Gasteiger partial charge is 0.362 e. The van der Waals surface area contributed by atoms with Crippen molar-refractivity contribution >= 4 is 40.4 Å². The Balaban J connectivity index is 2.07. The number of anilines is 1. The lowest BCUT2D eigenvalue weighted by molar-refractivity contribution is 0.952. The third kappa shape index (κ3) is 2.74. The number of nitrogens with one attached hydrogen (secondary N) is 1. The van der Waals surface area contributed by atoms with E-state index < -0.39 is 0 Å². The van der Waals surface area contributed by atoms with Gasteiger partial charge in [-0.2, -0.15) is 4.98 Å². The number of hydrogen-bond donors (Lipinski definition) is 1. The van der Waals surface area contributed by atoms with Gasteiger partial charge in [-0.15, -0.1) is 21.5 Å². The minimum absolute atomic E-state index is 0.0557. The number of thiazole rings is 1. The van der Waals surface area contributed by atoms with Crippen molar-refractivity contribution in [2.75, 3.05) is 5.32 Å². The fourth-order valence-corrected chi connectivity index (χ4v) is 1.73. The summed E-state index contributed by atoms with van der Waals surface area (Å²) in [5, 5.41) is 12.3. The maximum absolute atomic E-state index is 5.76. The van der Waals surface area contributed by atoms with E-state index >= 15 is 0 Å². The lowest BCUT2D eigenvalue weighted by atomic mass is 10.5. The van der Waals surface area contributed by atoms with Crippen LogP contribution in [0.1, 0.15) is 5.69 Å². The summed E-state index contributed by atoms with van der Waals surface area (Å²) in [6.45, 7) is 0.526. The van der Waals surface area contributed by atoms with E-state index in [0.29, 0.717) is 12.4 Å². The van der Waals surface area contributed by atoms with E-state index in [-0.39, 0.29) is 10.4 Å². The molecule has 2 aromatic heterocycles. The van der Waals surface area contributed by atoms with Gasteiger partial charge in [0.25, 0.3) is 0 Å². The molecule has 0 fully saturated rings. The highest BCUT2D eigenvalue weighted by atomic mass is 35.5. The minimum atomic E-state index is 0.0557. The summed E-state index contributed by atoms with van der Waals surface area (Å²) in [6, 6.07) is 0. The highest BCUT2D eigenvalue weighted by Crippen LogP contribution is 2.17. The van der Waals surface area contributed by atoms with Gasteiger partial charge in [0, 0.05) is 5.38 Å². The Morgan fingerprint density at radius 1 is 1.33 bits per heavy atom. The normalized spacial score (nSPS) is 10.3. The molecule has 0 bridgehead atoms. The first-order valence-electron chi connectivity index (χ1n) is 3.92. The van der Waals surface area contributed by atoms with Gasteiger partial charge in [0.2, 0.25) is 5.28 Å². The first kappa shape index (κ1) is 10.5. The number of nitrogens with zero attached hydrogens (tertiary/aromatic N) is 4. The quantitative estimate of drug-likeness (QED) is 0.919. The molecule has 2 aromatic rings. The zero-order chi connectivity index (χ0) is 10.7. The van der Waals surface area contributed by atoms with Crippen molar-refractivity contribution < 1.29 is 0 Å². The second-order valence-electron chi connectivity index (χ2n) is 2.55. The predicted octanol–water partition coefficient (Wildman–Crippen LogP) is 2.25. The van der Waals surface area contributed by atoms with E-state index in [1.807, 2.05) is 5.38 Å². The van der Waals surface area contributed by atoms with E-state index in [1.54, 1.807) is 5.51 Å². The lowest BCUT2D eigenvalue weighted by Gasteiger charge is -2.03. The van der Waals surface area contributed by atoms with Crippen LogP contribution in [0, 0.1) is 0 Å². The van der Waals surface area contributed by atoms with Crippen molar-refractivity contribution in [3.63, 3.8) is 0 Å². The molecule has 15 heavy (non-hydrogen) atoms. The standard InChI is InChI=1S/C7H5Cl2N5S/c8-5-6(12-7(9)14-13-5)10-1-4-2-15-3-11-4/h2-3H,1H2,(H,10,12,14). The van der Waals surface area contributed by atoms with Crippen molar-refractivity contribution in [3.8, 4) is 0 Å². The van der Waals surface area contributed by atoms with E-state index in [0.717, 1.165) is 5.69 Å². The van der Waals surface area contributed by atoms with Crippen molar-refractivity contribution in [2.45, 2.75) is 6.54 Å². The first-order chi connectivity index (χ1) is 7.25. The molecule has 0 aliphatic carbocycles. The molecule has 0 aliphatic rings. The third-order valence-electron chi connectivity index (χ3n) is 1.54. The molecular formula is C7H5Cl2N5S. The molecular weight excluding hydrogens is 257 g/mol. The van der Waals surface area contributed by atoms with Crippen LogP contribution in [0.5, 0.6) is 0 Å². The Labute approximate surface area is 99.5 Å². The van der Waals surface area contributed by atoms with Gasteiger partial charge in [-0.05, 0) is 11.6 Å². The average Bonchev–Trinajstić information content (AvgIpc) is 2.72. The van der Waals surface area contributed by atoms with Gasteiger partial charge < -0.3 is 5.32 Å². The molecule has 0 saturated heterocycles. The molecule has 1 N–H and O–H groups in total. The highest BCUT2D eigenvalue weighted by molar-refractivity contribution is 7.07. The molecule has 8 heteroatoms. The fourth-order valence-electron chi connectivity index (χ4n) is 0.905. The minimum Gasteiger partial charge on any atom is -0.362 e. The Kier molecular flexibility index (Phi) is 3.30.